The highest BCUT2D eigenvalue weighted by atomic mass is 35.5. The molecule has 3 aromatic rings. The summed E-state index contributed by atoms with van der Waals surface area (Å²) < 4.78 is 0. The van der Waals surface area contributed by atoms with E-state index in [4.69, 9.17) is 11.6 Å². The molecule has 1 aliphatic rings. The number of amides is 1. The highest BCUT2D eigenvalue weighted by Crippen LogP contribution is 2.23. The molecule has 28 heavy (non-hydrogen) atoms. The van der Waals surface area contributed by atoms with Gasteiger partial charge in [-0.15, -0.1) is 0 Å². The molecular weight excluding hydrogens is 374 g/mol. The predicted molar refractivity (Wildman–Crippen MR) is 111 cm³/mol. The van der Waals surface area contributed by atoms with Gasteiger partial charge in [0.1, 0.15) is 0 Å². The first-order valence-corrected chi connectivity index (χ1v) is 9.51. The van der Waals surface area contributed by atoms with Crippen molar-refractivity contribution in [1.29, 1.82) is 0 Å². The normalized spacial score (nSPS) is 14.0. The van der Waals surface area contributed by atoms with Crippen molar-refractivity contribution < 1.29 is 4.79 Å². The lowest BCUT2D eigenvalue weighted by atomic mass is 10.2. The van der Waals surface area contributed by atoms with Crippen molar-refractivity contribution in [2.75, 3.05) is 36.4 Å². The molecule has 1 amide bonds. The van der Waals surface area contributed by atoms with Gasteiger partial charge in [-0.2, -0.15) is 0 Å². The molecular formula is C21H20ClN5O. The van der Waals surface area contributed by atoms with Crippen LogP contribution >= 0.6 is 11.6 Å². The van der Waals surface area contributed by atoms with Gasteiger partial charge in [0.2, 0.25) is 5.95 Å². The van der Waals surface area contributed by atoms with Crippen LogP contribution in [0, 0.1) is 0 Å². The fourth-order valence-corrected chi connectivity index (χ4v) is 3.36. The second-order valence-electron chi connectivity index (χ2n) is 6.51. The number of halogens is 1. The summed E-state index contributed by atoms with van der Waals surface area (Å²) in [7, 11) is 0. The first-order valence-electron chi connectivity index (χ1n) is 9.13. The van der Waals surface area contributed by atoms with Crippen molar-refractivity contribution in [3.63, 3.8) is 0 Å². The molecule has 2 aromatic carbocycles. The van der Waals surface area contributed by atoms with E-state index in [2.05, 4.69) is 32.3 Å². The first-order chi connectivity index (χ1) is 13.7. The molecule has 1 aliphatic heterocycles. The van der Waals surface area contributed by atoms with Crippen LogP contribution < -0.4 is 10.2 Å². The van der Waals surface area contributed by atoms with Gasteiger partial charge >= 0.3 is 0 Å². The smallest absolute Gasteiger partial charge is 0.257 e. The number of carbonyl (C=O) groups excluding carboxylic acids is 1. The largest absolute Gasteiger partial charge is 0.368 e. The topological polar surface area (TPSA) is 61.4 Å². The quantitative estimate of drug-likeness (QED) is 0.729. The van der Waals surface area contributed by atoms with E-state index in [1.807, 2.05) is 41.3 Å². The van der Waals surface area contributed by atoms with Gasteiger partial charge in [-0.25, -0.2) is 9.97 Å². The van der Waals surface area contributed by atoms with Crippen LogP contribution in [0.4, 0.5) is 17.3 Å². The maximum Gasteiger partial charge on any atom is 0.257 e. The molecule has 0 radical (unpaired) electrons. The van der Waals surface area contributed by atoms with Gasteiger partial charge in [0, 0.05) is 44.3 Å². The number of rotatable bonds is 4. The molecule has 1 fully saturated rings. The summed E-state index contributed by atoms with van der Waals surface area (Å²) in [6.45, 7) is 2.96. The van der Waals surface area contributed by atoms with Crippen LogP contribution in [-0.4, -0.2) is 47.0 Å². The van der Waals surface area contributed by atoms with Crippen molar-refractivity contribution in [3.8, 4) is 0 Å². The summed E-state index contributed by atoms with van der Waals surface area (Å²) in [6.07, 6.45) is 3.11. The second-order valence-corrected chi connectivity index (χ2v) is 6.92. The molecule has 1 saturated heterocycles. The van der Waals surface area contributed by atoms with E-state index >= 15 is 0 Å². The van der Waals surface area contributed by atoms with Crippen LogP contribution in [-0.2, 0) is 0 Å². The number of anilines is 3. The third-order valence-corrected chi connectivity index (χ3v) is 5.04. The number of nitrogens with zero attached hydrogens (tertiary/aromatic N) is 4. The van der Waals surface area contributed by atoms with Crippen molar-refractivity contribution in [2.24, 2.45) is 0 Å². The molecule has 7 heteroatoms. The fraction of sp³-hybridized carbons (Fsp3) is 0.190. The summed E-state index contributed by atoms with van der Waals surface area (Å²) in [5.41, 5.74) is 2.39. The van der Waals surface area contributed by atoms with Gasteiger partial charge < -0.3 is 15.1 Å². The van der Waals surface area contributed by atoms with Crippen LogP contribution in [0.25, 0.3) is 0 Å². The zero-order valence-corrected chi connectivity index (χ0v) is 16.0. The van der Waals surface area contributed by atoms with E-state index in [0.717, 1.165) is 18.8 Å². The second kappa shape index (κ2) is 8.27. The maximum absolute atomic E-state index is 12.8. The van der Waals surface area contributed by atoms with Gasteiger partial charge in [0.05, 0.1) is 16.3 Å². The van der Waals surface area contributed by atoms with E-state index in [-0.39, 0.29) is 5.91 Å². The summed E-state index contributed by atoms with van der Waals surface area (Å²) in [5.74, 6) is 0.357. The van der Waals surface area contributed by atoms with E-state index in [0.29, 0.717) is 29.6 Å². The average molecular weight is 394 g/mol. The third kappa shape index (κ3) is 4.07. The molecule has 4 rings (SSSR count). The van der Waals surface area contributed by atoms with Gasteiger partial charge in [-0.1, -0.05) is 41.9 Å². The number of piperazine rings is 1. The number of hydrogen-bond donors (Lipinski definition) is 1. The summed E-state index contributed by atoms with van der Waals surface area (Å²) in [6, 6.07) is 17.6. The molecule has 0 bridgehead atoms. The number of aromatic nitrogens is 2. The minimum absolute atomic E-state index is 0.0444. The van der Waals surface area contributed by atoms with E-state index < -0.39 is 0 Å². The Morgan fingerprint density at radius 3 is 2.21 bits per heavy atom. The molecule has 2 heterocycles. The molecule has 0 atom stereocenters. The molecule has 1 aromatic heterocycles. The molecule has 6 nitrogen and oxygen atoms in total. The predicted octanol–water partition coefficient (Wildman–Crippen LogP) is 3.84. The van der Waals surface area contributed by atoms with E-state index in [1.165, 1.54) is 5.69 Å². The number of para-hydroxylation sites is 2. The van der Waals surface area contributed by atoms with Crippen LogP contribution in [0.3, 0.4) is 0 Å². The van der Waals surface area contributed by atoms with Crippen LogP contribution in [0.2, 0.25) is 5.02 Å². The van der Waals surface area contributed by atoms with Crippen LogP contribution in [0.5, 0.6) is 0 Å². The Bertz CT molecular complexity index is 941. The Balaban J connectivity index is 1.37. The molecule has 142 valence electrons. The number of benzene rings is 2. The Labute approximate surface area is 168 Å². The van der Waals surface area contributed by atoms with Gasteiger partial charge in [0.25, 0.3) is 5.91 Å². The lowest BCUT2D eigenvalue weighted by molar-refractivity contribution is 0.0746. The highest BCUT2D eigenvalue weighted by Gasteiger charge is 2.22. The lowest BCUT2D eigenvalue weighted by Gasteiger charge is -2.36. The van der Waals surface area contributed by atoms with Crippen LogP contribution in [0.1, 0.15) is 10.4 Å². The highest BCUT2D eigenvalue weighted by molar-refractivity contribution is 6.33. The number of nitrogens with one attached hydrogen (secondary N) is 1. The SMILES string of the molecule is O=C(c1cnc(Nc2ccccc2Cl)nc1)N1CCN(c2ccccc2)CC1. The summed E-state index contributed by atoms with van der Waals surface area (Å²) >= 11 is 6.13. The zero-order valence-electron chi connectivity index (χ0n) is 15.3. The number of hydrogen-bond acceptors (Lipinski definition) is 5. The van der Waals surface area contributed by atoms with E-state index in [9.17, 15) is 4.79 Å². The average Bonchev–Trinajstić information content (AvgIpc) is 2.76. The maximum atomic E-state index is 12.8. The Kier molecular flexibility index (Phi) is 5.39. The van der Waals surface area contributed by atoms with Crippen molar-refractivity contribution in [3.05, 3.63) is 77.6 Å². The Morgan fingerprint density at radius 2 is 1.54 bits per heavy atom. The minimum atomic E-state index is -0.0444. The van der Waals surface area contributed by atoms with Crippen molar-refractivity contribution in [1.82, 2.24) is 14.9 Å². The Morgan fingerprint density at radius 1 is 0.893 bits per heavy atom. The molecule has 0 aliphatic carbocycles. The zero-order chi connectivity index (χ0) is 19.3. The fourth-order valence-electron chi connectivity index (χ4n) is 3.18. The van der Waals surface area contributed by atoms with E-state index in [1.54, 1.807) is 18.5 Å². The molecule has 0 spiro atoms. The summed E-state index contributed by atoms with van der Waals surface area (Å²) in [5, 5.41) is 3.64. The molecule has 0 saturated carbocycles. The van der Waals surface area contributed by atoms with Gasteiger partial charge in [0.15, 0.2) is 0 Å². The van der Waals surface area contributed by atoms with Crippen molar-refractivity contribution in [2.45, 2.75) is 0 Å². The third-order valence-electron chi connectivity index (χ3n) is 4.71. The molecule has 1 N–H and O–H groups in total. The van der Waals surface area contributed by atoms with Crippen LogP contribution in [0.15, 0.2) is 67.0 Å². The summed E-state index contributed by atoms with van der Waals surface area (Å²) in [4.78, 5) is 25.4. The minimum Gasteiger partial charge on any atom is -0.368 e. The standard InChI is InChI=1S/C21H20ClN5O/c22-18-8-4-5-9-19(18)25-21-23-14-16(15-24-21)20(28)27-12-10-26(11-13-27)17-6-2-1-3-7-17/h1-9,14-15H,10-13H2,(H,23,24,25). The first kappa shape index (κ1) is 18.3. The Hall–Kier alpha value is -3.12. The van der Waals surface area contributed by atoms with Crippen molar-refractivity contribution >= 4 is 34.8 Å². The van der Waals surface area contributed by atoms with Gasteiger partial charge in [-0.05, 0) is 24.3 Å². The van der Waals surface area contributed by atoms with Gasteiger partial charge in [-0.3, -0.25) is 4.79 Å². The lowest BCUT2D eigenvalue weighted by Crippen LogP contribution is -2.48. The molecule has 0 unspecified atom stereocenters. The number of carbonyl (C=O) groups is 1. The monoisotopic (exact) mass is 393 g/mol.